The van der Waals surface area contributed by atoms with Crippen molar-refractivity contribution in [3.8, 4) is 5.75 Å². The van der Waals surface area contributed by atoms with Gasteiger partial charge in [0, 0.05) is 19.6 Å². The van der Waals surface area contributed by atoms with Gasteiger partial charge in [0.15, 0.2) is 0 Å². The van der Waals surface area contributed by atoms with Crippen LogP contribution in [0.15, 0.2) is 78.9 Å². The fourth-order valence-electron chi connectivity index (χ4n) is 4.93. The van der Waals surface area contributed by atoms with Crippen LogP contribution in [0.25, 0.3) is 0 Å². The second-order valence-electron chi connectivity index (χ2n) is 9.66. The van der Waals surface area contributed by atoms with E-state index in [0.717, 1.165) is 34.4 Å². The van der Waals surface area contributed by atoms with Gasteiger partial charge in [0.05, 0.1) is 26.2 Å². The average Bonchev–Trinajstić information content (AvgIpc) is 2.93. The lowest BCUT2D eigenvalue weighted by atomic mass is 9.84. The van der Waals surface area contributed by atoms with E-state index in [4.69, 9.17) is 19.3 Å². The number of ether oxygens (including phenoxy) is 3. The summed E-state index contributed by atoms with van der Waals surface area (Å²) < 4.78 is 17.3. The maximum absolute atomic E-state index is 13.3. The molecule has 2 atom stereocenters. The molecular formula is C31H35NO6. The predicted octanol–water partition coefficient (Wildman–Crippen LogP) is 6.12. The summed E-state index contributed by atoms with van der Waals surface area (Å²) in [7, 11) is 1.65. The van der Waals surface area contributed by atoms with Gasteiger partial charge in [0.2, 0.25) is 0 Å². The minimum atomic E-state index is -0.867. The summed E-state index contributed by atoms with van der Waals surface area (Å²) in [5, 5.41) is 9.01. The Balaban J connectivity index is 1.37. The van der Waals surface area contributed by atoms with E-state index in [9.17, 15) is 9.59 Å². The third-order valence-electron chi connectivity index (χ3n) is 7.16. The van der Waals surface area contributed by atoms with Gasteiger partial charge in [-0.3, -0.25) is 4.79 Å². The molecule has 1 saturated heterocycles. The van der Waals surface area contributed by atoms with E-state index in [-0.39, 0.29) is 18.6 Å². The summed E-state index contributed by atoms with van der Waals surface area (Å²) in [4.78, 5) is 26.0. The van der Waals surface area contributed by atoms with Crippen LogP contribution in [0.3, 0.4) is 0 Å². The van der Waals surface area contributed by atoms with Gasteiger partial charge in [0.25, 0.3) is 0 Å². The number of carboxylic acids is 1. The zero-order valence-corrected chi connectivity index (χ0v) is 22.0. The molecule has 200 valence electrons. The van der Waals surface area contributed by atoms with E-state index in [1.165, 1.54) is 0 Å². The number of nitrogens with zero attached hydrogens (tertiary/aromatic N) is 1. The Morgan fingerprint density at radius 2 is 1.71 bits per heavy atom. The molecule has 0 aromatic heterocycles. The van der Waals surface area contributed by atoms with Crippen LogP contribution in [-0.4, -0.2) is 42.3 Å². The Bertz CT molecular complexity index is 1200. The number of hydrogen-bond acceptors (Lipinski definition) is 5. The van der Waals surface area contributed by atoms with Crippen molar-refractivity contribution in [1.29, 1.82) is 0 Å². The monoisotopic (exact) mass is 517 g/mol. The number of cyclic esters (lactones) is 1. The summed E-state index contributed by atoms with van der Waals surface area (Å²) in [5.41, 5.74) is 3.04. The molecule has 1 aliphatic heterocycles. The molecule has 3 aromatic rings. The summed E-state index contributed by atoms with van der Waals surface area (Å²) in [5.74, 6) is -0.0509. The minimum Gasteiger partial charge on any atom is -0.497 e. The fraction of sp³-hybridized carbons (Fsp3) is 0.355. The smallest absolute Gasteiger partial charge is 0.411 e. The van der Waals surface area contributed by atoms with Crippen LogP contribution in [0, 0.1) is 0 Å². The lowest BCUT2D eigenvalue weighted by molar-refractivity contribution is -0.136. The number of benzene rings is 3. The van der Waals surface area contributed by atoms with E-state index in [2.05, 4.69) is 0 Å². The number of aliphatic carboxylic acids is 1. The van der Waals surface area contributed by atoms with Gasteiger partial charge in [-0.15, -0.1) is 0 Å². The molecule has 7 heteroatoms. The van der Waals surface area contributed by atoms with Crippen molar-refractivity contribution in [2.75, 3.05) is 20.3 Å². The molecule has 1 amide bonds. The van der Waals surface area contributed by atoms with E-state index in [0.29, 0.717) is 32.6 Å². The predicted molar refractivity (Wildman–Crippen MR) is 144 cm³/mol. The number of carbonyl (C=O) groups is 2. The third-order valence-corrected chi connectivity index (χ3v) is 7.16. The van der Waals surface area contributed by atoms with E-state index >= 15 is 0 Å². The molecule has 38 heavy (non-hydrogen) atoms. The van der Waals surface area contributed by atoms with Gasteiger partial charge in [-0.05, 0) is 54.2 Å². The highest BCUT2D eigenvalue weighted by Gasteiger charge is 2.43. The molecular weight excluding hydrogens is 482 g/mol. The highest BCUT2D eigenvalue weighted by Crippen LogP contribution is 2.40. The molecule has 1 N–H and O–H groups in total. The van der Waals surface area contributed by atoms with Crippen LogP contribution in [0.5, 0.6) is 5.75 Å². The molecule has 0 radical (unpaired) electrons. The van der Waals surface area contributed by atoms with Crippen LogP contribution in [0.2, 0.25) is 0 Å². The quantitative estimate of drug-likeness (QED) is 0.292. The molecule has 1 fully saturated rings. The Hall–Kier alpha value is -3.84. The van der Waals surface area contributed by atoms with Crippen LogP contribution in [0.1, 0.15) is 54.5 Å². The van der Waals surface area contributed by atoms with Gasteiger partial charge in [-0.25, -0.2) is 4.79 Å². The Kier molecular flexibility index (Phi) is 9.02. The van der Waals surface area contributed by atoms with Gasteiger partial charge in [-0.1, -0.05) is 66.7 Å². The molecule has 0 spiro atoms. The number of hydrogen-bond donors (Lipinski definition) is 1. The van der Waals surface area contributed by atoms with E-state index in [1.807, 2.05) is 73.7 Å². The zero-order chi connectivity index (χ0) is 27.0. The molecule has 3 aromatic carbocycles. The molecule has 7 nitrogen and oxygen atoms in total. The number of rotatable bonds is 12. The van der Waals surface area contributed by atoms with Crippen LogP contribution < -0.4 is 4.74 Å². The normalized spacial score (nSPS) is 18.1. The average molecular weight is 518 g/mol. The topological polar surface area (TPSA) is 85.3 Å². The Morgan fingerprint density at radius 3 is 2.34 bits per heavy atom. The van der Waals surface area contributed by atoms with Gasteiger partial charge in [-0.2, -0.15) is 0 Å². The van der Waals surface area contributed by atoms with Crippen LogP contribution in [0.4, 0.5) is 4.79 Å². The summed E-state index contributed by atoms with van der Waals surface area (Å²) >= 11 is 0. The fourth-order valence-corrected chi connectivity index (χ4v) is 4.93. The van der Waals surface area contributed by atoms with E-state index in [1.54, 1.807) is 24.1 Å². The molecule has 1 aliphatic rings. The maximum atomic E-state index is 13.3. The van der Waals surface area contributed by atoms with Gasteiger partial charge >= 0.3 is 12.1 Å². The van der Waals surface area contributed by atoms with Crippen molar-refractivity contribution in [3.63, 3.8) is 0 Å². The number of carboxylic acid groups (broad SMARTS) is 1. The van der Waals surface area contributed by atoms with Gasteiger partial charge < -0.3 is 24.2 Å². The number of methoxy groups -OCH3 is 1. The first kappa shape index (κ1) is 27.2. The molecule has 4 rings (SSSR count). The molecule has 0 saturated carbocycles. The van der Waals surface area contributed by atoms with Crippen molar-refractivity contribution in [1.82, 2.24) is 4.90 Å². The molecule has 1 heterocycles. The van der Waals surface area contributed by atoms with Gasteiger partial charge in [0.1, 0.15) is 11.4 Å². The third kappa shape index (κ3) is 6.72. The van der Waals surface area contributed by atoms with Crippen molar-refractivity contribution in [2.45, 2.75) is 50.9 Å². The number of amides is 1. The standard InChI is InChI=1S/C31H35NO6/c1-23(26-13-9-24(10-14-26)21-29(33)34)32-19-18-31(38-30(32)35,27-7-4-3-5-8-27)17-6-20-37-22-25-11-15-28(36-2)16-12-25/h3-5,7-16,23H,6,17-22H2,1-2H3,(H,33,34). The first-order chi connectivity index (χ1) is 18.4. The highest BCUT2D eigenvalue weighted by atomic mass is 16.6. The second kappa shape index (κ2) is 12.6. The first-order valence-electron chi connectivity index (χ1n) is 13.0. The lowest BCUT2D eigenvalue weighted by Gasteiger charge is -2.43. The molecule has 0 bridgehead atoms. The van der Waals surface area contributed by atoms with Crippen molar-refractivity contribution >= 4 is 12.1 Å². The lowest BCUT2D eigenvalue weighted by Crippen LogP contribution is -2.48. The van der Waals surface area contributed by atoms with Crippen LogP contribution >= 0.6 is 0 Å². The highest BCUT2D eigenvalue weighted by molar-refractivity contribution is 5.71. The Morgan fingerprint density at radius 1 is 1.03 bits per heavy atom. The van der Waals surface area contributed by atoms with Crippen molar-refractivity contribution in [2.24, 2.45) is 0 Å². The first-order valence-corrected chi connectivity index (χ1v) is 13.0. The molecule has 0 aliphatic carbocycles. The molecule has 2 unspecified atom stereocenters. The van der Waals surface area contributed by atoms with Crippen molar-refractivity contribution in [3.05, 3.63) is 101 Å². The number of carbonyl (C=O) groups excluding carboxylic acids is 1. The SMILES string of the molecule is COc1ccc(COCCCC2(c3ccccc3)CCN(C(C)c3ccc(CC(=O)O)cc3)C(=O)O2)cc1. The second-order valence-corrected chi connectivity index (χ2v) is 9.66. The van der Waals surface area contributed by atoms with Crippen LogP contribution in [-0.2, 0) is 32.9 Å². The zero-order valence-electron chi connectivity index (χ0n) is 22.0. The minimum absolute atomic E-state index is 0.0240. The maximum Gasteiger partial charge on any atom is 0.411 e. The Labute approximate surface area is 224 Å². The summed E-state index contributed by atoms with van der Waals surface area (Å²) in [6, 6.07) is 24.9. The largest absolute Gasteiger partial charge is 0.497 e. The van der Waals surface area contributed by atoms with Crippen molar-refractivity contribution < 1.29 is 28.9 Å². The van der Waals surface area contributed by atoms with E-state index < -0.39 is 11.6 Å². The summed E-state index contributed by atoms with van der Waals surface area (Å²) in [6.07, 6.45) is 1.71. The summed E-state index contributed by atoms with van der Waals surface area (Å²) in [6.45, 7) is 3.59.